The number of pyridine rings is 4. The predicted octanol–water partition coefficient (Wildman–Crippen LogP) is 2.54. The Morgan fingerprint density at radius 3 is 1.33 bits per heavy atom. The molecule has 27 heavy (non-hydrogen) atoms. The molecule has 4 aromatic rings. The van der Waals surface area contributed by atoms with Crippen LogP contribution in [0.25, 0.3) is 0 Å². The first-order valence-corrected chi connectivity index (χ1v) is 7.98. The smallest absolute Gasteiger partial charge is 0.443 e. The fraction of sp³-hybridized carbons (Fsp3) is 0. The summed E-state index contributed by atoms with van der Waals surface area (Å²) in [5.74, 6) is 1.36. The minimum atomic E-state index is 0. The van der Waals surface area contributed by atoms with Crippen LogP contribution in [0.15, 0.2) is 108 Å². The van der Waals surface area contributed by atoms with Crippen molar-refractivity contribution in [3.8, 4) is 0 Å². The molecule has 0 N–H and O–H groups in total. The second-order valence-corrected chi connectivity index (χ2v) is 4.98. The van der Waals surface area contributed by atoms with Crippen LogP contribution in [-0.2, 0) is 21.1 Å². The van der Waals surface area contributed by atoms with Crippen LogP contribution in [0, 0.1) is 0 Å². The van der Waals surface area contributed by atoms with E-state index in [1.165, 1.54) is 0 Å². The van der Waals surface area contributed by atoms with Crippen LogP contribution in [0.2, 0.25) is 0 Å². The van der Waals surface area contributed by atoms with Gasteiger partial charge in [-0.3, -0.25) is 9.97 Å². The van der Waals surface area contributed by atoms with E-state index >= 15 is 0 Å². The monoisotopic (exact) mass is 535 g/mol. The van der Waals surface area contributed by atoms with Crippen LogP contribution in [0.5, 0.6) is 0 Å². The number of hydrogen-bond donors (Lipinski definition) is 0. The summed E-state index contributed by atoms with van der Waals surface area (Å²) in [4.78, 5) is 24.7. The van der Waals surface area contributed by atoms with Gasteiger partial charge in [0.25, 0.3) is 0 Å². The molecule has 6 nitrogen and oxygen atoms in total. The first kappa shape index (κ1) is 20.2. The molecule has 0 radical (unpaired) electrons. The van der Waals surface area contributed by atoms with Gasteiger partial charge in [-0.15, -0.1) is 0 Å². The van der Waals surface area contributed by atoms with Crippen molar-refractivity contribution in [3.63, 3.8) is 0 Å². The first-order chi connectivity index (χ1) is 12.9. The second kappa shape index (κ2) is 11.5. The number of hydrogen-bond acceptors (Lipinski definition) is 4. The van der Waals surface area contributed by atoms with E-state index < -0.39 is 0 Å². The summed E-state index contributed by atoms with van der Waals surface area (Å²) in [6.45, 7) is 0. The summed E-state index contributed by atoms with van der Waals surface area (Å²) in [5, 5.41) is 0. The molecular formula is C20H16N6Pt. The van der Waals surface area contributed by atoms with Crippen LogP contribution in [-0.4, -0.2) is 9.97 Å². The van der Waals surface area contributed by atoms with Crippen LogP contribution in [0.1, 0.15) is 0 Å². The van der Waals surface area contributed by atoms with Crippen LogP contribution in [0.3, 0.4) is 0 Å². The molecular weight excluding hydrogens is 519 g/mol. The normalized spacial score (nSPS) is 11.1. The molecule has 0 saturated heterocycles. The molecule has 4 aromatic heterocycles. The molecule has 0 aliphatic carbocycles. The fourth-order valence-corrected chi connectivity index (χ4v) is 1.91. The maximum atomic E-state index is 4.22. The molecule has 0 bridgehead atoms. The molecule has 0 amide bonds. The standard InChI is InChI=1S/2C10H8N3.Pt/c2*1-3-7-11-9(5-1)13-10-6-2-4-8-12-10;/h2*1-8H;/q2*-1;+2. The first-order valence-electron chi connectivity index (χ1n) is 7.98. The molecule has 0 aliphatic heterocycles. The Balaban J connectivity index is 0.000000187. The van der Waals surface area contributed by atoms with E-state index in [4.69, 9.17) is 0 Å². The SMILES string of the molecule is [Pt+2].c1ccc(N=c2cccc[n-]2)nc1.c1ccc(N=c2cccc[n-]2)nc1. The van der Waals surface area contributed by atoms with Crippen molar-refractivity contribution in [2.24, 2.45) is 9.98 Å². The summed E-state index contributed by atoms with van der Waals surface area (Å²) in [5.41, 5.74) is 1.36. The Hall–Kier alpha value is -3.11. The third-order valence-corrected chi connectivity index (χ3v) is 3.06. The predicted molar refractivity (Wildman–Crippen MR) is 98.4 cm³/mol. The van der Waals surface area contributed by atoms with Gasteiger partial charge in [-0.05, 0) is 24.3 Å². The van der Waals surface area contributed by atoms with E-state index in [1.807, 2.05) is 72.8 Å². The van der Waals surface area contributed by atoms with E-state index in [1.54, 1.807) is 24.8 Å². The molecule has 0 spiro atoms. The van der Waals surface area contributed by atoms with Crippen molar-refractivity contribution in [1.29, 1.82) is 0 Å². The van der Waals surface area contributed by atoms with Gasteiger partial charge in [-0.25, -0.2) is 0 Å². The zero-order valence-electron chi connectivity index (χ0n) is 14.2. The van der Waals surface area contributed by atoms with Crippen molar-refractivity contribution in [2.45, 2.75) is 0 Å². The summed E-state index contributed by atoms with van der Waals surface area (Å²) in [6, 6.07) is 22.4. The van der Waals surface area contributed by atoms with Crippen molar-refractivity contribution >= 4 is 11.6 Å². The Kier molecular flexibility index (Phi) is 8.60. The molecule has 4 rings (SSSR count). The van der Waals surface area contributed by atoms with Crippen LogP contribution >= 0.6 is 0 Å². The molecule has 7 heteroatoms. The molecule has 0 aromatic carbocycles. The number of nitrogens with zero attached hydrogens (tertiary/aromatic N) is 6. The molecule has 136 valence electrons. The van der Waals surface area contributed by atoms with Gasteiger partial charge in [-0.2, -0.15) is 0 Å². The van der Waals surface area contributed by atoms with Crippen molar-refractivity contribution in [1.82, 2.24) is 19.9 Å². The van der Waals surface area contributed by atoms with E-state index in [9.17, 15) is 0 Å². The Morgan fingerprint density at radius 2 is 1.00 bits per heavy atom. The van der Waals surface area contributed by atoms with Gasteiger partial charge in [0.05, 0.1) is 11.6 Å². The minimum absolute atomic E-state index is 0. The van der Waals surface area contributed by atoms with Gasteiger partial charge in [0, 0.05) is 12.4 Å². The number of aromatic nitrogens is 4. The Labute approximate surface area is 171 Å². The van der Waals surface area contributed by atoms with Gasteiger partial charge >= 0.3 is 21.1 Å². The average molecular weight is 535 g/mol. The van der Waals surface area contributed by atoms with Crippen molar-refractivity contribution < 1.29 is 21.1 Å². The molecule has 4 heterocycles. The van der Waals surface area contributed by atoms with Gasteiger partial charge in [0.15, 0.2) is 0 Å². The van der Waals surface area contributed by atoms with E-state index in [0.29, 0.717) is 22.6 Å². The van der Waals surface area contributed by atoms with Gasteiger partial charge < -0.3 is 20.0 Å². The second-order valence-electron chi connectivity index (χ2n) is 4.98. The van der Waals surface area contributed by atoms with Crippen LogP contribution in [0.4, 0.5) is 11.6 Å². The van der Waals surface area contributed by atoms with Crippen LogP contribution < -0.4 is 20.9 Å². The van der Waals surface area contributed by atoms with E-state index in [0.717, 1.165) is 0 Å². The molecule has 0 atom stereocenters. The minimum Gasteiger partial charge on any atom is -0.443 e. The topological polar surface area (TPSA) is 78.7 Å². The quantitative estimate of drug-likeness (QED) is 0.396. The Bertz CT molecular complexity index is 921. The molecule has 0 fully saturated rings. The number of rotatable bonds is 2. The summed E-state index contributed by atoms with van der Waals surface area (Å²) < 4.78 is 0. The molecule has 0 saturated carbocycles. The summed E-state index contributed by atoms with van der Waals surface area (Å²) >= 11 is 0. The Morgan fingerprint density at radius 1 is 0.556 bits per heavy atom. The molecule has 0 aliphatic rings. The van der Waals surface area contributed by atoms with Gasteiger partial charge in [-0.1, -0.05) is 71.9 Å². The third kappa shape index (κ3) is 7.34. The third-order valence-electron chi connectivity index (χ3n) is 3.06. The fourth-order valence-electron chi connectivity index (χ4n) is 1.91. The zero-order valence-corrected chi connectivity index (χ0v) is 16.5. The maximum Gasteiger partial charge on any atom is 2.00 e. The van der Waals surface area contributed by atoms with Gasteiger partial charge in [0.1, 0.15) is 0 Å². The van der Waals surface area contributed by atoms with E-state index in [-0.39, 0.29) is 21.1 Å². The maximum absolute atomic E-state index is 4.22. The van der Waals surface area contributed by atoms with Crippen molar-refractivity contribution in [2.75, 3.05) is 0 Å². The average Bonchev–Trinajstić information content (AvgIpc) is 2.72. The van der Waals surface area contributed by atoms with Crippen molar-refractivity contribution in [3.05, 3.63) is 109 Å². The van der Waals surface area contributed by atoms with E-state index in [2.05, 4.69) is 29.9 Å². The summed E-state index contributed by atoms with van der Waals surface area (Å²) in [7, 11) is 0. The molecule has 0 unspecified atom stereocenters. The summed E-state index contributed by atoms with van der Waals surface area (Å²) in [6.07, 6.45) is 6.84. The largest absolute Gasteiger partial charge is 2.00 e. The van der Waals surface area contributed by atoms with Gasteiger partial charge in [0.2, 0.25) is 0 Å². The zero-order chi connectivity index (χ0) is 17.9.